The lowest BCUT2D eigenvalue weighted by atomic mass is 10.1. The Morgan fingerprint density at radius 3 is 2.50 bits per heavy atom. The van der Waals surface area contributed by atoms with Crippen LogP contribution in [0.4, 0.5) is 8.78 Å². The fourth-order valence-electron chi connectivity index (χ4n) is 1.23. The number of ether oxygens (including phenoxy) is 1. The van der Waals surface area contributed by atoms with Crippen LogP contribution in [0.2, 0.25) is 0 Å². The Labute approximate surface area is 96.4 Å². The van der Waals surface area contributed by atoms with E-state index < -0.39 is 21.2 Å². The number of benzene rings is 1. The lowest BCUT2D eigenvalue weighted by Crippen LogP contribution is -2.01. The first-order valence-corrected chi connectivity index (χ1v) is 6.68. The van der Waals surface area contributed by atoms with Crippen LogP contribution in [0.5, 0.6) is 5.75 Å². The van der Waals surface area contributed by atoms with Gasteiger partial charge in [0.25, 0.3) is 6.43 Å². The molecule has 0 aliphatic heterocycles. The van der Waals surface area contributed by atoms with Gasteiger partial charge in [-0.25, -0.2) is 17.2 Å². The molecule has 0 aromatic heterocycles. The van der Waals surface area contributed by atoms with Crippen LogP contribution >= 0.6 is 10.7 Å². The van der Waals surface area contributed by atoms with E-state index in [1.165, 1.54) is 19.2 Å². The zero-order valence-corrected chi connectivity index (χ0v) is 9.86. The number of halogens is 3. The highest BCUT2D eigenvalue weighted by Crippen LogP contribution is 2.28. The fraction of sp³-hybridized carbons (Fsp3) is 0.333. The molecule has 0 saturated heterocycles. The standard InChI is InChI=1S/C9H9ClF2O3S/c1-15-7-2-3-8(9(11)12)6(4-7)5-16(10,13)14/h2-4,9H,5H2,1H3. The van der Waals surface area contributed by atoms with Crippen molar-refractivity contribution in [2.45, 2.75) is 12.2 Å². The van der Waals surface area contributed by atoms with Crippen molar-refractivity contribution in [2.75, 3.05) is 7.11 Å². The van der Waals surface area contributed by atoms with Gasteiger partial charge in [0.2, 0.25) is 9.05 Å². The molecule has 0 N–H and O–H groups in total. The molecule has 16 heavy (non-hydrogen) atoms. The van der Waals surface area contributed by atoms with Gasteiger partial charge >= 0.3 is 0 Å². The smallest absolute Gasteiger partial charge is 0.264 e. The SMILES string of the molecule is COc1ccc(C(F)F)c(CS(=O)(=O)Cl)c1. The Bertz CT molecular complexity index is 474. The van der Waals surface area contributed by atoms with E-state index in [-0.39, 0.29) is 11.1 Å². The van der Waals surface area contributed by atoms with Crippen molar-refractivity contribution in [2.24, 2.45) is 0 Å². The van der Waals surface area contributed by atoms with Crippen LogP contribution < -0.4 is 4.74 Å². The van der Waals surface area contributed by atoms with Crippen LogP contribution in [0.3, 0.4) is 0 Å². The molecule has 0 heterocycles. The molecule has 0 fully saturated rings. The van der Waals surface area contributed by atoms with E-state index in [9.17, 15) is 17.2 Å². The fourth-order valence-corrected chi connectivity index (χ4v) is 2.21. The maximum atomic E-state index is 12.6. The number of alkyl halides is 2. The van der Waals surface area contributed by atoms with Gasteiger partial charge in [-0.15, -0.1) is 0 Å². The van der Waals surface area contributed by atoms with Crippen LogP contribution in [-0.4, -0.2) is 15.5 Å². The minimum absolute atomic E-state index is 0.0515. The first kappa shape index (κ1) is 13.2. The van der Waals surface area contributed by atoms with Crippen LogP contribution in [0.25, 0.3) is 0 Å². The van der Waals surface area contributed by atoms with E-state index >= 15 is 0 Å². The number of methoxy groups -OCH3 is 1. The molecule has 1 rings (SSSR count). The molecule has 0 amide bonds. The summed E-state index contributed by atoms with van der Waals surface area (Å²) < 4.78 is 51.7. The van der Waals surface area contributed by atoms with E-state index in [1.807, 2.05) is 0 Å². The van der Waals surface area contributed by atoms with Crippen molar-refractivity contribution in [3.05, 3.63) is 29.3 Å². The topological polar surface area (TPSA) is 43.4 Å². The van der Waals surface area contributed by atoms with Gasteiger partial charge in [0.15, 0.2) is 0 Å². The zero-order valence-electron chi connectivity index (χ0n) is 8.28. The lowest BCUT2D eigenvalue weighted by molar-refractivity contribution is 0.150. The Morgan fingerprint density at radius 1 is 1.44 bits per heavy atom. The molecule has 90 valence electrons. The van der Waals surface area contributed by atoms with E-state index in [0.717, 1.165) is 6.07 Å². The van der Waals surface area contributed by atoms with Crippen LogP contribution in [-0.2, 0) is 14.8 Å². The average molecular weight is 271 g/mol. The Morgan fingerprint density at radius 2 is 2.06 bits per heavy atom. The minimum atomic E-state index is -3.87. The normalized spacial score (nSPS) is 11.8. The lowest BCUT2D eigenvalue weighted by Gasteiger charge is -2.09. The monoisotopic (exact) mass is 270 g/mol. The van der Waals surface area contributed by atoms with Crippen molar-refractivity contribution in [1.29, 1.82) is 0 Å². The van der Waals surface area contributed by atoms with E-state index in [4.69, 9.17) is 15.4 Å². The summed E-state index contributed by atoms with van der Waals surface area (Å²) in [7, 11) is 2.51. The van der Waals surface area contributed by atoms with E-state index in [2.05, 4.69) is 0 Å². The summed E-state index contributed by atoms with van der Waals surface area (Å²) in [6, 6.07) is 3.70. The maximum Gasteiger partial charge on any atom is 0.264 e. The van der Waals surface area contributed by atoms with E-state index in [0.29, 0.717) is 5.75 Å². The molecule has 0 radical (unpaired) electrons. The molecule has 0 unspecified atom stereocenters. The number of hydrogen-bond donors (Lipinski definition) is 0. The van der Waals surface area contributed by atoms with Crippen molar-refractivity contribution < 1.29 is 21.9 Å². The summed E-state index contributed by atoms with van der Waals surface area (Å²) in [5.41, 5.74) is -0.408. The summed E-state index contributed by atoms with van der Waals surface area (Å²) in [6.07, 6.45) is -2.75. The summed E-state index contributed by atoms with van der Waals surface area (Å²) in [5, 5.41) is 0. The second-order valence-electron chi connectivity index (χ2n) is 3.05. The highest BCUT2D eigenvalue weighted by atomic mass is 35.7. The van der Waals surface area contributed by atoms with Crippen molar-refractivity contribution in [1.82, 2.24) is 0 Å². The van der Waals surface area contributed by atoms with Crippen LogP contribution in [0, 0.1) is 0 Å². The molecule has 0 bridgehead atoms. The van der Waals surface area contributed by atoms with Gasteiger partial charge in [0.1, 0.15) is 5.75 Å². The molecule has 0 saturated carbocycles. The largest absolute Gasteiger partial charge is 0.497 e. The quantitative estimate of drug-likeness (QED) is 0.790. The Hall–Kier alpha value is -0.880. The second kappa shape index (κ2) is 4.97. The summed E-state index contributed by atoms with van der Waals surface area (Å²) >= 11 is 0. The predicted octanol–water partition coefficient (Wildman–Crippen LogP) is 2.70. The van der Waals surface area contributed by atoms with Crippen LogP contribution in [0.15, 0.2) is 18.2 Å². The molecule has 0 aliphatic rings. The van der Waals surface area contributed by atoms with Gasteiger partial charge in [0.05, 0.1) is 12.9 Å². The first-order chi connectivity index (χ1) is 7.33. The van der Waals surface area contributed by atoms with Gasteiger partial charge in [-0.05, 0) is 23.8 Å². The Balaban J connectivity index is 3.20. The average Bonchev–Trinajstić information content (AvgIpc) is 2.14. The number of rotatable bonds is 4. The number of hydrogen-bond acceptors (Lipinski definition) is 3. The zero-order chi connectivity index (χ0) is 12.3. The third kappa shape index (κ3) is 3.61. The second-order valence-corrected chi connectivity index (χ2v) is 5.83. The summed E-state index contributed by atoms with van der Waals surface area (Å²) in [4.78, 5) is 0. The molecular weight excluding hydrogens is 262 g/mol. The maximum absolute atomic E-state index is 12.6. The van der Waals surface area contributed by atoms with Gasteiger partial charge in [-0.3, -0.25) is 0 Å². The van der Waals surface area contributed by atoms with Crippen LogP contribution in [0.1, 0.15) is 17.6 Å². The molecular formula is C9H9ClF2O3S. The summed E-state index contributed by atoms with van der Waals surface area (Å²) in [6.45, 7) is 0. The van der Waals surface area contributed by atoms with Gasteiger partial charge in [-0.2, -0.15) is 0 Å². The van der Waals surface area contributed by atoms with Gasteiger partial charge in [-0.1, -0.05) is 0 Å². The molecule has 3 nitrogen and oxygen atoms in total. The first-order valence-electron chi connectivity index (χ1n) is 4.21. The van der Waals surface area contributed by atoms with Crippen molar-refractivity contribution in [3.8, 4) is 5.75 Å². The third-order valence-electron chi connectivity index (χ3n) is 1.91. The highest BCUT2D eigenvalue weighted by molar-refractivity contribution is 8.13. The molecule has 1 aromatic carbocycles. The summed E-state index contributed by atoms with van der Waals surface area (Å²) in [5.74, 6) is -0.342. The van der Waals surface area contributed by atoms with E-state index in [1.54, 1.807) is 0 Å². The predicted molar refractivity (Wildman–Crippen MR) is 56.4 cm³/mol. The molecule has 0 atom stereocenters. The molecule has 7 heteroatoms. The highest BCUT2D eigenvalue weighted by Gasteiger charge is 2.18. The third-order valence-corrected chi connectivity index (χ3v) is 2.90. The molecule has 0 aliphatic carbocycles. The van der Waals surface area contributed by atoms with Gasteiger partial charge < -0.3 is 4.74 Å². The molecule has 1 aromatic rings. The Kier molecular flexibility index (Phi) is 4.09. The molecule has 0 spiro atoms. The van der Waals surface area contributed by atoms with Crippen molar-refractivity contribution >= 4 is 19.7 Å². The minimum Gasteiger partial charge on any atom is -0.497 e. The van der Waals surface area contributed by atoms with Gasteiger partial charge in [0, 0.05) is 16.2 Å². The van der Waals surface area contributed by atoms with Crippen molar-refractivity contribution in [3.63, 3.8) is 0 Å².